The molecular weight excluding hydrogens is 314 g/mol. The SMILES string of the molecule is CCC1c2ccsc2CCN1C(=O)CCc1ccccc1Cl. The molecule has 0 bridgehead atoms. The Bertz CT molecular complexity index is 667. The predicted molar refractivity (Wildman–Crippen MR) is 92.5 cm³/mol. The second-order valence-electron chi connectivity index (χ2n) is 5.65. The lowest BCUT2D eigenvalue weighted by molar-refractivity contribution is -0.134. The zero-order valence-electron chi connectivity index (χ0n) is 12.7. The zero-order chi connectivity index (χ0) is 15.5. The number of thiophene rings is 1. The molecule has 0 fully saturated rings. The van der Waals surface area contributed by atoms with Crippen molar-refractivity contribution in [3.8, 4) is 0 Å². The van der Waals surface area contributed by atoms with Crippen LogP contribution in [0.5, 0.6) is 0 Å². The molecule has 3 rings (SSSR count). The fourth-order valence-electron chi connectivity index (χ4n) is 3.22. The van der Waals surface area contributed by atoms with Gasteiger partial charge in [-0.05, 0) is 47.9 Å². The van der Waals surface area contributed by atoms with Crippen molar-refractivity contribution in [3.63, 3.8) is 0 Å². The number of nitrogens with zero attached hydrogens (tertiary/aromatic N) is 1. The smallest absolute Gasteiger partial charge is 0.223 e. The van der Waals surface area contributed by atoms with Gasteiger partial charge in [-0.15, -0.1) is 11.3 Å². The number of fused-ring (bicyclic) bond motifs is 1. The van der Waals surface area contributed by atoms with Crippen molar-refractivity contribution in [2.45, 2.75) is 38.6 Å². The summed E-state index contributed by atoms with van der Waals surface area (Å²) in [5.74, 6) is 0.239. The highest BCUT2D eigenvalue weighted by atomic mass is 35.5. The minimum Gasteiger partial charge on any atom is -0.335 e. The lowest BCUT2D eigenvalue weighted by Crippen LogP contribution is -2.39. The lowest BCUT2D eigenvalue weighted by Gasteiger charge is -2.35. The molecule has 1 aliphatic rings. The summed E-state index contributed by atoms with van der Waals surface area (Å²) < 4.78 is 0. The first-order valence-corrected chi connectivity index (χ1v) is 9.05. The van der Waals surface area contributed by atoms with Crippen molar-refractivity contribution in [1.82, 2.24) is 4.90 Å². The summed E-state index contributed by atoms with van der Waals surface area (Å²) in [4.78, 5) is 16.2. The topological polar surface area (TPSA) is 20.3 Å². The number of carbonyl (C=O) groups is 1. The minimum atomic E-state index is 0.239. The number of halogens is 1. The van der Waals surface area contributed by atoms with E-state index >= 15 is 0 Å². The van der Waals surface area contributed by atoms with Crippen LogP contribution >= 0.6 is 22.9 Å². The molecule has 22 heavy (non-hydrogen) atoms. The van der Waals surface area contributed by atoms with E-state index in [9.17, 15) is 4.79 Å². The highest BCUT2D eigenvalue weighted by molar-refractivity contribution is 7.10. The Balaban J connectivity index is 1.69. The molecule has 0 radical (unpaired) electrons. The van der Waals surface area contributed by atoms with Gasteiger partial charge in [-0.1, -0.05) is 36.7 Å². The maximum absolute atomic E-state index is 12.7. The molecule has 1 atom stereocenters. The van der Waals surface area contributed by atoms with Gasteiger partial charge in [0.15, 0.2) is 0 Å². The van der Waals surface area contributed by atoms with Crippen molar-refractivity contribution in [1.29, 1.82) is 0 Å². The lowest BCUT2D eigenvalue weighted by atomic mass is 9.97. The molecular formula is C18H20ClNOS. The Morgan fingerprint density at radius 1 is 1.36 bits per heavy atom. The number of benzene rings is 1. The van der Waals surface area contributed by atoms with Crippen molar-refractivity contribution in [2.75, 3.05) is 6.54 Å². The van der Waals surface area contributed by atoms with Gasteiger partial charge in [-0.3, -0.25) is 4.79 Å². The third-order valence-corrected chi connectivity index (χ3v) is 5.73. The van der Waals surface area contributed by atoms with E-state index in [1.54, 1.807) is 0 Å². The minimum absolute atomic E-state index is 0.239. The Morgan fingerprint density at radius 2 is 2.18 bits per heavy atom. The van der Waals surface area contributed by atoms with E-state index < -0.39 is 0 Å². The molecule has 1 aliphatic heterocycles. The molecule has 1 unspecified atom stereocenters. The van der Waals surface area contributed by atoms with Crippen LogP contribution in [0.2, 0.25) is 5.02 Å². The van der Waals surface area contributed by atoms with Crippen LogP contribution in [0.15, 0.2) is 35.7 Å². The van der Waals surface area contributed by atoms with Crippen LogP contribution in [0.4, 0.5) is 0 Å². The number of hydrogen-bond donors (Lipinski definition) is 0. The molecule has 116 valence electrons. The third kappa shape index (κ3) is 3.06. The maximum atomic E-state index is 12.7. The summed E-state index contributed by atoms with van der Waals surface area (Å²) in [6.07, 6.45) is 3.20. The molecule has 0 saturated carbocycles. The number of aryl methyl sites for hydroxylation is 1. The van der Waals surface area contributed by atoms with E-state index in [4.69, 9.17) is 11.6 Å². The fraction of sp³-hybridized carbons (Fsp3) is 0.389. The number of amides is 1. The van der Waals surface area contributed by atoms with Crippen molar-refractivity contribution < 1.29 is 4.79 Å². The summed E-state index contributed by atoms with van der Waals surface area (Å²) in [5.41, 5.74) is 2.41. The first-order chi connectivity index (χ1) is 10.7. The van der Waals surface area contributed by atoms with E-state index in [1.165, 1.54) is 10.4 Å². The summed E-state index contributed by atoms with van der Waals surface area (Å²) in [7, 11) is 0. The Kier molecular flexibility index (Phi) is 4.84. The standard InChI is InChI=1S/C18H20ClNOS/c1-2-16-14-10-12-22-17(14)9-11-20(16)18(21)8-7-13-5-3-4-6-15(13)19/h3-6,10,12,16H,2,7-9,11H2,1H3. The van der Waals surface area contributed by atoms with Crippen LogP contribution in [0, 0.1) is 0 Å². The van der Waals surface area contributed by atoms with E-state index in [2.05, 4.69) is 23.3 Å². The molecule has 0 aliphatic carbocycles. The van der Waals surface area contributed by atoms with E-state index in [1.807, 2.05) is 35.6 Å². The molecule has 2 nitrogen and oxygen atoms in total. The normalized spacial score (nSPS) is 17.4. The largest absolute Gasteiger partial charge is 0.335 e. The zero-order valence-corrected chi connectivity index (χ0v) is 14.3. The first kappa shape index (κ1) is 15.6. The molecule has 1 aromatic heterocycles. The van der Waals surface area contributed by atoms with Gasteiger partial charge in [0, 0.05) is 22.9 Å². The summed E-state index contributed by atoms with van der Waals surface area (Å²) in [5, 5.41) is 2.89. The van der Waals surface area contributed by atoms with Gasteiger partial charge in [0.25, 0.3) is 0 Å². The molecule has 2 aromatic rings. The second-order valence-corrected chi connectivity index (χ2v) is 7.06. The van der Waals surface area contributed by atoms with Crippen molar-refractivity contribution in [3.05, 3.63) is 56.7 Å². The first-order valence-electron chi connectivity index (χ1n) is 7.80. The number of hydrogen-bond acceptors (Lipinski definition) is 2. The van der Waals surface area contributed by atoms with Gasteiger partial charge in [0.1, 0.15) is 0 Å². The molecule has 0 saturated heterocycles. The van der Waals surface area contributed by atoms with Gasteiger partial charge >= 0.3 is 0 Å². The quantitative estimate of drug-likeness (QED) is 0.781. The van der Waals surface area contributed by atoms with E-state index in [0.29, 0.717) is 12.8 Å². The van der Waals surface area contributed by atoms with Gasteiger partial charge < -0.3 is 4.90 Å². The predicted octanol–water partition coefficient (Wildman–Crippen LogP) is 4.87. The highest BCUT2D eigenvalue weighted by Crippen LogP contribution is 2.35. The van der Waals surface area contributed by atoms with Gasteiger partial charge in [-0.25, -0.2) is 0 Å². The van der Waals surface area contributed by atoms with Gasteiger partial charge in [0.2, 0.25) is 5.91 Å². The monoisotopic (exact) mass is 333 g/mol. The number of carbonyl (C=O) groups excluding carboxylic acids is 1. The fourth-order valence-corrected chi connectivity index (χ4v) is 4.38. The van der Waals surface area contributed by atoms with E-state index in [-0.39, 0.29) is 11.9 Å². The number of rotatable bonds is 4. The average molecular weight is 334 g/mol. The molecule has 2 heterocycles. The van der Waals surface area contributed by atoms with Crippen LogP contribution < -0.4 is 0 Å². The van der Waals surface area contributed by atoms with Gasteiger partial charge in [-0.2, -0.15) is 0 Å². The van der Waals surface area contributed by atoms with E-state index in [0.717, 1.165) is 30.0 Å². The average Bonchev–Trinajstić information content (AvgIpc) is 3.01. The van der Waals surface area contributed by atoms with Gasteiger partial charge in [0.05, 0.1) is 6.04 Å². The Labute approximate surface area is 140 Å². The molecule has 0 N–H and O–H groups in total. The van der Waals surface area contributed by atoms with Crippen molar-refractivity contribution >= 4 is 28.8 Å². The molecule has 4 heteroatoms. The van der Waals surface area contributed by atoms with Crippen LogP contribution in [0.1, 0.15) is 41.8 Å². The Hall–Kier alpha value is -1.32. The summed E-state index contributed by atoms with van der Waals surface area (Å²) in [6, 6.07) is 10.2. The Morgan fingerprint density at radius 3 is 2.95 bits per heavy atom. The maximum Gasteiger partial charge on any atom is 0.223 e. The van der Waals surface area contributed by atoms with Crippen LogP contribution in [0.25, 0.3) is 0 Å². The molecule has 1 amide bonds. The molecule has 0 spiro atoms. The molecule has 1 aromatic carbocycles. The van der Waals surface area contributed by atoms with Crippen molar-refractivity contribution in [2.24, 2.45) is 0 Å². The summed E-state index contributed by atoms with van der Waals surface area (Å²) >= 11 is 7.99. The van der Waals surface area contributed by atoms with Crippen LogP contribution in [0.3, 0.4) is 0 Å². The van der Waals surface area contributed by atoms with Crippen LogP contribution in [-0.2, 0) is 17.6 Å². The second kappa shape index (κ2) is 6.84. The third-order valence-electron chi connectivity index (χ3n) is 4.37. The summed E-state index contributed by atoms with van der Waals surface area (Å²) in [6.45, 7) is 3.00. The van der Waals surface area contributed by atoms with Crippen LogP contribution in [-0.4, -0.2) is 17.4 Å². The highest BCUT2D eigenvalue weighted by Gasteiger charge is 2.29.